The molecule has 4 aromatic rings. The van der Waals surface area contributed by atoms with Crippen molar-refractivity contribution in [2.45, 2.75) is 57.9 Å². The van der Waals surface area contributed by atoms with Crippen molar-refractivity contribution in [2.75, 3.05) is 19.8 Å². The number of piperidine rings is 1. The summed E-state index contributed by atoms with van der Waals surface area (Å²) in [5.74, 6) is -1.74. The normalized spacial score (nSPS) is 16.8. The summed E-state index contributed by atoms with van der Waals surface area (Å²) in [6.45, 7) is 1.57. The number of hydrogen-bond donors (Lipinski definition) is 1. The number of carbonyl (C=O) groups is 1. The molecule has 0 bridgehead atoms. The molecule has 3 aromatic carbocycles. The number of alkyl halides is 3. The number of carboxylic acid groups (broad SMARTS) is 1. The van der Waals surface area contributed by atoms with Crippen molar-refractivity contribution in [3.8, 4) is 11.5 Å². The second-order valence-electron chi connectivity index (χ2n) is 11.9. The van der Waals surface area contributed by atoms with Crippen LogP contribution in [0.4, 0.5) is 22.0 Å². The minimum Gasteiger partial charge on any atom is -0.490 e. The summed E-state index contributed by atoms with van der Waals surface area (Å²) >= 11 is 0. The third kappa shape index (κ3) is 6.90. The molecule has 7 nitrogen and oxygen atoms in total. The number of fused-ring (bicyclic) bond motifs is 1. The van der Waals surface area contributed by atoms with Crippen molar-refractivity contribution < 1.29 is 41.3 Å². The highest BCUT2D eigenvalue weighted by Gasteiger charge is 2.44. The van der Waals surface area contributed by atoms with E-state index in [1.807, 2.05) is 6.07 Å². The van der Waals surface area contributed by atoms with E-state index < -0.39 is 41.7 Å². The van der Waals surface area contributed by atoms with Gasteiger partial charge in [0.05, 0.1) is 24.3 Å². The largest absolute Gasteiger partial charge is 0.490 e. The molecule has 0 unspecified atom stereocenters. The number of halogens is 5. The fraction of sp³-hybridized carbons (Fsp3) is 0.394. The highest BCUT2D eigenvalue weighted by atomic mass is 19.3. The van der Waals surface area contributed by atoms with Crippen LogP contribution in [-0.2, 0) is 19.7 Å². The summed E-state index contributed by atoms with van der Waals surface area (Å²) in [5, 5.41) is 9.45. The predicted octanol–water partition coefficient (Wildman–Crippen LogP) is 7.32. The van der Waals surface area contributed by atoms with Crippen LogP contribution < -0.4 is 9.47 Å². The number of nitrogens with zero attached hydrogens (tertiary/aromatic N) is 3. The summed E-state index contributed by atoms with van der Waals surface area (Å²) in [6.07, 6.45) is -0.00923. The van der Waals surface area contributed by atoms with Gasteiger partial charge in [0.1, 0.15) is 29.8 Å². The number of likely N-dealkylation sites (tertiary alicyclic amines) is 1. The van der Waals surface area contributed by atoms with Crippen LogP contribution in [-0.4, -0.2) is 51.4 Å². The standard InChI is InChI=1S/C33H32F5N3O4/c34-18-33(8-9-33)19-41-27-15-22(32(42)43)14-26(36)30(27)39-29(41)16-40-10-6-23(7-11-40)45-24-3-1-2-20(12-24)17-44-28-5-4-21(31(37)38)13-25(28)35/h1-5,12-15,23,31H,6-11,16-19H2,(H,42,43). The van der Waals surface area contributed by atoms with Crippen molar-refractivity contribution in [3.63, 3.8) is 0 Å². The third-order valence-electron chi connectivity index (χ3n) is 8.57. The highest BCUT2D eigenvalue weighted by Crippen LogP contribution is 2.48. The molecule has 0 radical (unpaired) electrons. The first kappa shape index (κ1) is 30.8. The van der Waals surface area contributed by atoms with E-state index in [-0.39, 0.29) is 29.5 Å². The molecule has 1 aliphatic carbocycles. The van der Waals surface area contributed by atoms with Crippen LogP contribution in [0.25, 0.3) is 11.0 Å². The Bertz CT molecular complexity index is 1700. The summed E-state index contributed by atoms with van der Waals surface area (Å²) < 4.78 is 82.0. The average Bonchev–Trinajstić information content (AvgIpc) is 3.72. The van der Waals surface area contributed by atoms with Crippen LogP contribution in [0.2, 0.25) is 0 Å². The lowest BCUT2D eigenvalue weighted by Crippen LogP contribution is -2.38. The van der Waals surface area contributed by atoms with E-state index in [0.717, 1.165) is 23.8 Å². The van der Waals surface area contributed by atoms with E-state index in [1.165, 1.54) is 12.1 Å². The third-order valence-corrected chi connectivity index (χ3v) is 8.57. The number of rotatable bonds is 12. The minimum atomic E-state index is -2.77. The Morgan fingerprint density at radius 3 is 2.49 bits per heavy atom. The van der Waals surface area contributed by atoms with Gasteiger partial charge in [-0.25, -0.2) is 27.3 Å². The van der Waals surface area contributed by atoms with Gasteiger partial charge in [0.15, 0.2) is 17.4 Å². The van der Waals surface area contributed by atoms with Gasteiger partial charge in [-0.1, -0.05) is 12.1 Å². The van der Waals surface area contributed by atoms with E-state index in [2.05, 4.69) is 9.88 Å². The average molecular weight is 630 g/mol. The van der Waals surface area contributed by atoms with E-state index in [0.29, 0.717) is 69.0 Å². The Labute approximate surface area is 256 Å². The lowest BCUT2D eigenvalue weighted by molar-refractivity contribution is 0.0696. The van der Waals surface area contributed by atoms with Gasteiger partial charge in [0.25, 0.3) is 6.43 Å². The van der Waals surface area contributed by atoms with Gasteiger partial charge in [-0.15, -0.1) is 0 Å². The lowest BCUT2D eigenvalue weighted by Gasteiger charge is -2.32. The van der Waals surface area contributed by atoms with Gasteiger partial charge >= 0.3 is 5.97 Å². The lowest BCUT2D eigenvalue weighted by atomic mass is 10.1. The van der Waals surface area contributed by atoms with Crippen LogP contribution in [0.1, 0.15) is 59.4 Å². The molecule has 2 aliphatic rings. The van der Waals surface area contributed by atoms with Crippen molar-refractivity contribution in [1.82, 2.24) is 14.5 Å². The quantitative estimate of drug-likeness (QED) is 0.166. The maximum Gasteiger partial charge on any atom is 0.335 e. The predicted molar refractivity (Wildman–Crippen MR) is 155 cm³/mol. The summed E-state index contributed by atoms with van der Waals surface area (Å²) in [6, 6.07) is 12.6. The second kappa shape index (κ2) is 12.7. The first-order valence-electron chi connectivity index (χ1n) is 14.8. The van der Waals surface area contributed by atoms with Gasteiger partial charge in [0, 0.05) is 30.6 Å². The first-order chi connectivity index (χ1) is 21.6. The Balaban J connectivity index is 1.08. The molecule has 1 N–H and O–H groups in total. The van der Waals surface area contributed by atoms with E-state index in [1.54, 1.807) is 22.8 Å². The van der Waals surface area contributed by atoms with Gasteiger partial charge in [-0.2, -0.15) is 0 Å². The maximum atomic E-state index is 14.9. The number of benzene rings is 3. The van der Waals surface area contributed by atoms with E-state index >= 15 is 0 Å². The van der Waals surface area contributed by atoms with Crippen LogP contribution in [0.15, 0.2) is 54.6 Å². The SMILES string of the molecule is O=C(O)c1cc(F)c2nc(CN3CCC(Oc4cccc(COc5ccc(C(F)F)cc5F)c4)CC3)n(CC3(CF)CC3)c2c1. The molecule has 1 aromatic heterocycles. The molecule has 0 atom stereocenters. The van der Waals surface area contributed by atoms with Crippen molar-refractivity contribution in [1.29, 1.82) is 0 Å². The molecule has 2 heterocycles. The second-order valence-corrected chi connectivity index (χ2v) is 11.9. The Morgan fingerprint density at radius 1 is 1.04 bits per heavy atom. The Hall–Kier alpha value is -4.19. The van der Waals surface area contributed by atoms with Crippen LogP contribution in [0.3, 0.4) is 0 Å². The molecule has 12 heteroatoms. The molecular weight excluding hydrogens is 597 g/mol. The minimum absolute atomic E-state index is 0.0276. The molecule has 1 aliphatic heterocycles. The fourth-order valence-corrected chi connectivity index (χ4v) is 5.71. The van der Waals surface area contributed by atoms with Crippen LogP contribution in [0, 0.1) is 17.0 Å². The number of imidazole rings is 1. The molecule has 1 saturated carbocycles. The number of carboxylic acids is 1. The number of hydrogen-bond acceptors (Lipinski definition) is 5. The zero-order valence-electron chi connectivity index (χ0n) is 24.3. The summed E-state index contributed by atoms with van der Waals surface area (Å²) in [4.78, 5) is 18.3. The Morgan fingerprint density at radius 2 is 1.82 bits per heavy atom. The molecule has 45 heavy (non-hydrogen) atoms. The number of aromatic nitrogens is 2. The summed E-state index contributed by atoms with van der Waals surface area (Å²) in [7, 11) is 0. The zero-order valence-corrected chi connectivity index (χ0v) is 24.3. The maximum absolute atomic E-state index is 14.9. The molecule has 0 amide bonds. The van der Waals surface area contributed by atoms with Crippen molar-refractivity contribution >= 4 is 17.0 Å². The topological polar surface area (TPSA) is 76.8 Å². The van der Waals surface area contributed by atoms with Gasteiger partial charge < -0.3 is 19.1 Å². The fourth-order valence-electron chi connectivity index (χ4n) is 5.71. The molecule has 2 fully saturated rings. The first-order valence-corrected chi connectivity index (χ1v) is 14.8. The molecule has 6 rings (SSSR count). The van der Waals surface area contributed by atoms with Gasteiger partial charge in [-0.05, 0) is 73.7 Å². The molecule has 0 spiro atoms. The van der Waals surface area contributed by atoms with Crippen molar-refractivity contribution in [2.24, 2.45) is 5.41 Å². The van der Waals surface area contributed by atoms with Gasteiger partial charge in [0.2, 0.25) is 0 Å². The van der Waals surface area contributed by atoms with E-state index in [9.17, 15) is 31.9 Å². The van der Waals surface area contributed by atoms with E-state index in [4.69, 9.17) is 9.47 Å². The van der Waals surface area contributed by atoms with Crippen LogP contribution in [0.5, 0.6) is 11.5 Å². The molecule has 1 saturated heterocycles. The highest BCUT2D eigenvalue weighted by molar-refractivity contribution is 5.92. The summed E-state index contributed by atoms with van der Waals surface area (Å²) in [5.41, 5.74) is 0.0534. The molecule has 238 valence electrons. The van der Waals surface area contributed by atoms with Gasteiger partial charge in [-0.3, -0.25) is 9.29 Å². The Kier molecular flexibility index (Phi) is 8.67. The van der Waals surface area contributed by atoms with Crippen LogP contribution >= 0.6 is 0 Å². The monoisotopic (exact) mass is 629 g/mol. The van der Waals surface area contributed by atoms with Crippen molar-refractivity contribution in [3.05, 3.63) is 88.7 Å². The molecular formula is C33H32F5N3O4. The number of aromatic carboxylic acids is 1. The number of ether oxygens (including phenoxy) is 2. The smallest absolute Gasteiger partial charge is 0.335 e. The zero-order chi connectivity index (χ0) is 31.7.